The first-order chi connectivity index (χ1) is 5.61. The Bertz CT molecular complexity index is 281. The third kappa shape index (κ3) is 2.08. The van der Waals surface area contributed by atoms with Crippen molar-refractivity contribution in [3.63, 3.8) is 0 Å². The van der Waals surface area contributed by atoms with E-state index in [-0.39, 0.29) is 10.6 Å². The summed E-state index contributed by atoms with van der Waals surface area (Å²) in [7, 11) is 0. The van der Waals surface area contributed by atoms with Gasteiger partial charge in [-0.15, -0.1) is 0 Å². The van der Waals surface area contributed by atoms with Crippen LogP contribution in [0.3, 0.4) is 0 Å². The Morgan fingerprint density at radius 1 is 1.42 bits per heavy atom. The van der Waals surface area contributed by atoms with Gasteiger partial charge in [0.05, 0.1) is 4.83 Å². The van der Waals surface area contributed by atoms with Gasteiger partial charge in [0.1, 0.15) is 5.78 Å². The molecule has 0 aliphatic carbocycles. The fraction of sp³-hybridized carbons (Fsp3) is 0.222. The Labute approximate surface area is 79.9 Å². The van der Waals surface area contributed by atoms with Crippen molar-refractivity contribution in [3.05, 3.63) is 29.8 Å². The molecule has 0 heterocycles. The van der Waals surface area contributed by atoms with Crippen molar-refractivity contribution < 1.29 is 4.79 Å². The van der Waals surface area contributed by atoms with Crippen LogP contribution < -0.4 is 5.73 Å². The van der Waals surface area contributed by atoms with Gasteiger partial charge in [0.15, 0.2) is 0 Å². The maximum absolute atomic E-state index is 11.0. The first-order valence-corrected chi connectivity index (χ1v) is 4.53. The molecule has 0 aliphatic rings. The summed E-state index contributed by atoms with van der Waals surface area (Å²) in [4.78, 5) is 10.7. The summed E-state index contributed by atoms with van der Waals surface area (Å²) in [5.74, 6) is 0.0970. The molecule has 1 unspecified atom stereocenters. The van der Waals surface area contributed by atoms with E-state index >= 15 is 0 Å². The minimum absolute atomic E-state index is 0.0970. The number of alkyl halides is 1. The average Bonchev–Trinajstić information content (AvgIpc) is 2.04. The number of halogens is 1. The van der Waals surface area contributed by atoms with Gasteiger partial charge in [-0.25, -0.2) is 0 Å². The molecule has 0 aromatic heterocycles. The molecule has 0 amide bonds. The molecule has 3 heteroatoms. The van der Waals surface area contributed by atoms with Gasteiger partial charge < -0.3 is 5.73 Å². The number of hydrogen-bond donors (Lipinski definition) is 1. The van der Waals surface area contributed by atoms with Crippen LogP contribution in [0.25, 0.3) is 0 Å². The Balaban J connectivity index is 2.89. The van der Waals surface area contributed by atoms with Crippen molar-refractivity contribution in [3.8, 4) is 0 Å². The predicted molar refractivity (Wildman–Crippen MR) is 53.2 cm³/mol. The first kappa shape index (κ1) is 9.26. The van der Waals surface area contributed by atoms with Crippen molar-refractivity contribution >= 4 is 27.4 Å². The summed E-state index contributed by atoms with van der Waals surface area (Å²) in [5.41, 5.74) is 7.15. The zero-order valence-electron chi connectivity index (χ0n) is 6.75. The normalized spacial score (nSPS) is 12.5. The molecule has 1 atom stereocenters. The van der Waals surface area contributed by atoms with E-state index in [0.717, 1.165) is 5.56 Å². The molecule has 0 fully saturated rings. The summed E-state index contributed by atoms with van der Waals surface area (Å²) < 4.78 is 0. The molecule has 0 spiro atoms. The molecule has 12 heavy (non-hydrogen) atoms. The lowest BCUT2D eigenvalue weighted by Gasteiger charge is -2.05. The van der Waals surface area contributed by atoms with Gasteiger partial charge in [-0.1, -0.05) is 28.1 Å². The van der Waals surface area contributed by atoms with Crippen LogP contribution in [0, 0.1) is 0 Å². The van der Waals surface area contributed by atoms with E-state index in [2.05, 4.69) is 15.9 Å². The van der Waals surface area contributed by atoms with Crippen LogP contribution >= 0.6 is 15.9 Å². The summed E-state index contributed by atoms with van der Waals surface area (Å²) in [6.45, 7) is 1.55. The lowest BCUT2D eigenvalue weighted by molar-refractivity contribution is -0.116. The minimum atomic E-state index is -0.210. The largest absolute Gasteiger partial charge is 0.399 e. The van der Waals surface area contributed by atoms with Crippen molar-refractivity contribution in [1.82, 2.24) is 0 Å². The van der Waals surface area contributed by atoms with Crippen LogP contribution in [0.5, 0.6) is 0 Å². The highest BCUT2D eigenvalue weighted by molar-refractivity contribution is 9.09. The lowest BCUT2D eigenvalue weighted by Crippen LogP contribution is -2.00. The predicted octanol–water partition coefficient (Wildman–Crippen LogP) is 2.29. The number of anilines is 1. The maximum atomic E-state index is 11.0. The molecule has 2 nitrogen and oxygen atoms in total. The second kappa shape index (κ2) is 3.72. The summed E-state index contributed by atoms with van der Waals surface area (Å²) in [6.07, 6.45) is 0. The Hall–Kier alpha value is -0.830. The molecule has 0 saturated carbocycles. The van der Waals surface area contributed by atoms with E-state index < -0.39 is 0 Å². The van der Waals surface area contributed by atoms with Crippen molar-refractivity contribution in [2.24, 2.45) is 0 Å². The van der Waals surface area contributed by atoms with Crippen LogP contribution in [0.2, 0.25) is 0 Å². The molecule has 1 aromatic rings. The third-order valence-electron chi connectivity index (χ3n) is 1.59. The van der Waals surface area contributed by atoms with Gasteiger partial charge >= 0.3 is 0 Å². The van der Waals surface area contributed by atoms with E-state index in [1.165, 1.54) is 0 Å². The monoisotopic (exact) mass is 227 g/mol. The summed E-state index contributed by atoms with van der Waals surface area (Å²) in [5, 5.41) is 0. The highest BCUT2D eigenvalue weighted by Gasteiger charge is 2.11. The molecule has 1 rings (SSSR count). The fourth-order valence-electron chi connectivity index (χ4n) is 0.900. The Kier molecular flexibility index (Phi) is 2.87. The van der Waals surface area contributed by atoms with Crippen LogP contribution in [0.15, 0.2) is 24.3 Å². The Morgan fingerprint density at radius 3 is 2.33 bits per heavy atom. The van der Waals surface area contributed by atoms with E-state index in [1.54, 1.807) is 19.1 Å². The molecule has 64 valence electrons. The fourth-order valence-corrected chi connectivity index (χ4v) is 1.20. The van der Waals surface area contributed by atoms with Crippen LogP contribution in [0.1, 0.15) is 17.3 Å². The Morgan fingerprint density at radius 2 is 1.92 bits per heavy atom. The standard InChI is InChI=1S/C9H10BrNO/c1-6(12)9(10)7-2-4-8(11)5-3-7/h2-5,9H,11H2,1H3. The molecular formula is C9H10BrNO. The minimum Gasteiger partial charge on any atom is -0.399 e. The number of Topliss-reactive ketones (excluding diaryl/α,β-unsaturated/α-hetero) is 1. The lowest BCUT2D eigenvalue weighted by atomic mass is 10.1. The van der Waals surface area contributed by atoms with E-state index in [9.17, 15) is 4.79 Å². The topological polar surface area (TPSA) is 43.1 Å². The van der Waals surface area contributed by atoms with Gasteiger partial charge in [0.25, 0.3) is 0 Å². The van der Waals surface area contributed by atoms with E-state index in [1.807, 2.05) is 12.1 Å². The SMILES string of the molecule is CC(=O)C(Br)c1ccc(N)cc1. The number of benzene rings is 1. The number of ketones is 1. The van der Waals surface area contributed by atoms with Crippen LogP contribution in [-0.2, 0) is 4.79 Å². The molecule has 0 radical (unpaired) electrons. The van der Waals surface area contributed by atoms with Gasteiger partial charge in [-0.05, 0) is 24.6 Å². The van der Waals surface area contributed by atoms with Crippen LogP contribution in [0.4, 0.5) is 5.69 Å². The number of carbonyl (C=O) groups excluding carboxylic acids is 1. The van der Waals surface area contributed by atoms with Crippen molar-refractivity contribution in [2.45, 2.75) is 11.8 Å². The molecule has 1 aromatic carbocycles. The van der Waals surface area contributed by atoms with Gasteiger partial charge in [0, 0.05) is 5.69 Å². The summed E-state index contributed by atoms with van der Waals surface area (Å²) >= 11 is 3.28. The molecular weight excluding hydrogens is 218 g/mol. The third-order valence-corrected chi connectivity index (χ3v) is 2.76. The summed E-state index contributed by atoms with van der Waals surface area (Å²) in [6, 6.07) is 7.26. The van der Waals surface area contributed by atoms with E-state index in [0.29, 0.717) is 5.69 Å². The second-order valence-electron chi connectivity index (χ2n) is 2.64. The number of rotatable bonds is 2. The zero-order valence-corrected chi connectivity index (χ0v) is 8.34. The van der Waals surface area contributed by atoms with Gasteiger partial charge in [0.2, 0.25) is 0 Å². The number of nitrogen functional groups attached to an aromatic ring is 1. The first-order valence-electron chi connectivity index (χ1n) is 3.61. The van der Waals surface area contributed by atoms with Gasteiger partial charge in [-0.3, -0.25) is 4.79 Å². The zero-order chi connectivity index (χ0) is 9.14. The molecule has 0 bridgehead atoms. The van der Waals surface area contributed by atoms with Gasteiger partial charge in [-0.2, -0.15) is 0 Å². The highest BCUT2D eigenvalue weighted by Crippen LogP contribution is 2.23. The quantitative estimate of drug-likeness (QED) is 0.623. The average molecular weight is 228 g/mol. The maximum Gasteiger partial charge on any atom is 0.147 e. The van der Waals surface area contributed by atoms with Crippen LogP contribution in [-0.4, -0.2) is 5.78 Å². The highest BCUT2D eigenvalue weighted by atomic mass is 79.9. The second-order valence-corrected chi connectivity index (χ2v) is 3.56. The van der Waals surface area contributed by atoms with E-state index in [4.69, 9.17) is 5.73 Å². The number of nitrogens with two attached hydrogens (primary N) is 1. The van der Waals surface area contributed by atoms with Crippen molar-refractivity contribution in [2.75, 3.05) is 5.73 Å². The number of carbonyl (C=O) groups is 1. The van der Waals surface area contributed by atoms with Crippen molar-refractivity contribution in [1.29, 1.82) is 0 Å². The molecule has 2 N–H and O–H groups in total. The molecule has 0 saturated heterocycles. The smallest absolute Gasteiger partial charge is 0.147 e. The number of hydrogen-bond acceptors (Lipinski definition) is 2. The molecule has 0 aliphatic heterocycles.